The summed E-state index contributed by atoms with van der Waals surface area (Å²) in [6.45, 7) is 9.10. The molecule has 1 aromatic rings. The van der Waals surface area contributed by atoms with Crippen LogP contribution in [0.1, 0.15) is 26.3 Å². The van der Waals surface area contributed by atoms with Crippen LogP contribution >= 0.6 is 35.6 Å². The Hall–Kier alpha value is -1.42. The largest absolute Gasteiger partial charge is 0.497 e. The molecule has 162 valence electrons. The van der Waals surface area contributed by atoms with E-state index in [0.29, 0.717) is 24.7 Å². The molecule has 1 saturated heterocycles. The van der Waals surface area contributed by atoms with Crippen molar-refractivity contribution in [2.24, 2.45) is 4.99 Å². The maximum Gasteiger partial charge on any atom is 0.410 e. The highest BCUT2D eigenvalue weighted by atomic mass is 127. The van der Waals surface area contributed by atoms with E-state index in [1.54, 1.807) is 12.0 Å². The summed E-state index contributed by atoms with van der Waals surface area (Å²) in [5.41, 5.74) is 0.593. The number of ether oxygens (including phenoxy) is 2. The Balaban J connectivity index is 0.00000300. The summed E-state index contributed by atoms with van der Waals surface area (Å²) in [6, 6.07) is 5.94. The molecule has 0 aliphatic carbocycles. The lowest BCUT2D eigenvalue weighted by Crippen LogP contribution is -2.57. The monoisotopic (exact) mass is 536 g/mol. The summed E-state index contributed by atoms with van der Waals surface area (Å²) in [6.07, 6.45) is 0.549. The molecule has 3 rings (SSSR count). The van der Waals surface area contributed by atoms with Crippen LogP contribution < -0.4 is 10.1 Å². The minimum atomic E-state index is -0.476. The fourth-order valence-electron chi connectivity index (χ4n) is 3.39. The standard InChI is InChI=1S/C20H29ClN4O3.HI/c1-20(2,3)28-19(26)24-9-10-25-15(13-24)12-23-18(25)22-8-7-14-5-6-16(27-4)11-17(14)21;/h5-6,11,15H,7-10,12-13H2,1-4H3,(H,22,23);1H. The molecule has 7 nitrogen and oxygen atoms in total. The molecule has 0 aromatic heterocycles. The van der Waals surface area contributed by atoms with Gasteiger partial charge in [0.1, 0.15) is 11.4 Å². The number of nitrogens with one attached hydrogen (secondary N) is 1. The summed E-state index contributed by atoms with van der Waals surface area (Å²) in [7, 11) is 1.63. The molecule has 1 amide bonds. The quantitative estimate of drug-likeness (QED) is 0.598. The van der Waals surface area contributed by atoms with Crippen molar-refractivity contribution in [3.63, 3.8) is 0 Å². The summed E-state index contributed by atoms with van der Waals surface area (Å²) >= 11 is 6.31. The fraction of sp³-hybridized carbons (Fsp3) is 0.600. The van der Waals surface area contributed by atoms with Crippen molar-refractivity contribution in [2.45, 2.75) is 38.8 Å². The number of fused-ring (bicyclic) bond motifs is 1. The number of halogens is 2. The number of piperazine rings is 1. The van der Waals surface area contributed by atoms with Crippen LogP contribution in [0, 0.1) is 0 Å². The average Bonchev–Trinajstić information content (AvgIpc) is 3.04. The van der Waals surface area contributed by atoms with Gasteiger partial charge in [0.15, 0.2) is 5.96 Å². The predicted octanol–water partition coefficient (Wildman–Crippen LogP) is 3.39. The normalized spacial score (nSPS) is 18.5. The second-order valence-electron chi connectivity index (χ2n) is 8.07. The third-order valence-electron chi connectivity index (χ3n) is 4.80. The highest BCUT2D eigenvalue weighted by molar-refractivity contribution is 14.0. The van der Waals surface area contributed by atoms with Gasteiger partial charge in [0, 0.05) is 31.2 Å². The zero-order chi connectivity index (χ0) is 20.3. The van der Waals surface area contributed by atoms with Crippen LogP contribution in [-0.2, 0) is 11.2 Å². The molecule has 0 saturated carbocycles. The number of nitrogens with zero attached hydrogens (tertiary/aromatic N) is 3. The molecule has 2 aliphatic heterocycles. The molecule has 1 fully saturated rings. The van der Waals surface area contributed by atoms with Gasteiger partial charge in [0.05, 0.1) is 19.7 Å². The number of methoxy groups -OCH3 is 1. The lowest BCUT2D eigenvalue weighted by atomic mass is 10.1. The van der Waals surface area contributed by atoms with Crippen LogP contribution in [0.5, 0.6) is 5.75 Å². The molecular formula is C20H30ClIN4O3. The van der Waals surface area contributed by atoms with E-state index in [2.05, 4.69) is 15.2 Å². The Morgan fingerprint density at radius 2 is 2.10 bits per heavy atom. The molecule has 0 spiro atoms. The Labute approximate surface area is 194 Å². The number of benzene rings is 1. The van der Waals surface area contributed by atoms with E-state index in [1.165, 1.54) is 0 Å². The molecule has 0 radical (unpaired) electrons. The lowest BCUT2D eigenvalue weighted by molar-refractivity contribution is 0.0137. The average molecular weight is 537 g/mol. The Morgan fingerprint density at radius 3 is 2.76 bits per heavy atom. The summed E-state index contributed by atoms with van der Waals surface area (Å²) in [4.78, 5) is 21.0. The molecule has 2 aliphatic rings. The van der Waals surface area contributed by atoms with Crippen molar-refractivity contribution < 1.29 is 14.3 Å². The van der Waals surface area contributed by atoms with Crippen molar-refractivity contribution >= 4 is 47.6 Å². The number of rotatable bonds is 4. The van der Waals surface area contributed by atoms with Crippen LogP contribution in [0.2, 0.25) is 5.02 Å². The maximum absolute atomic E-state index is 12.3. The van der Waals surface area contributed by atoms with Gasteiger partial charge in [-0.15, -0.1) is 24.0 Å². The van der Waals surface area contributed by atoms with E-state index in [1.807, 2.05) is 39.0 Å². The molecule has 29 heavy (non-hydrogen) atoms. The number of hydrogen-bond acceptors (Lipinski definition) is 6. The number of guanidine groups is 1. The molecular weight excluding hydrogens is 507 g/mol. The van der Waals surface area contributed by atoms with E-state index in [9.17, 15) is 4.79 Å². The summed E-state index contributed by atoms with van der Waals surface area (Å²) in [5.74, 6) is 1.66. The van der Waals surface area contributed by atoms with Crippen LogP contribution in [0.3, 0.4) is 0 Å². The van der Waals surface area contributed by atoms with E-state index in [0.717, 1.165) is 36.8 Å². The van der Waals surface area contributed by atoms with Crippen LogP contribution in [0.15, 0.2) is 23.2 Å². The molecule has 1 atom stereocenters. The molecule has 1 N–H and O–H groups in total. The van der Waals surface area contributed by atoms with Gasteiger partial charge in [-0.1, -0.05) is 17.7 Å². The van der Waals surface area contributed by atoms with Gasteiger partial charge in [-0.05, 0) is 44.9 Å². The first-order chi connectivity index (χ1) is 13.3. The Bertz CT molecular complexity index is 754. The van der Waals surface area contributed by atoms with E-state index >= 15 is 0 Å². The van der Waals surface area contributed by atoms with Gasteiger partial charge in [0.25, 0.3) is 0 Å². The molecule has 9 heteroatoms. The van der Waals surface area contributed by atoms with Gasteiger partial charge >= 0.3 is 6.09 Å². The fourth-order valence-corrected chi connectivity index (χ4v) is 3.65. The molecule has 1 unspecified atom stereocenters. The van der Waals surface area contributed by atoms with Crippen LogP contribution in [0.25, 0.3) is 0 Å². The van der Waals surface area contributed by atoms with Crippen molar-refractivity contribution in [3.05, 3.63) is 28.8 Å². The van der Waals surface area contributed by atoms with Gasteiger partial charge in [0.2, 0.25) is 0 Å². The molecule has 0 bridgehead atoms. The first-order valence-electron chi connectivity index (χ1n) is 9.62. The predicted molar refractivity (Wildman–Crippen MR) is 126 cm³/mol. The minimum Gasteiger partial charge on any atom is -0.497 e. The highest BCUT2D eigenvalue weighted by Gasteiger charge is 2.36. The van der Waals surface area contributed by atoms with E-state index in [-0.39, 0.29) is 36.1 Å². The summed E-state index contributed by atoms with van der Waals surface area (Å²) in [5, 5.41) is 4.13. The third-order valence-corrected chi connectivity index (χ3v) is 5.15. The lowest BCUT2D eigenvalue weighted by Gasteiger charge is -2.39. The number of aliphatic imine (C=N–C) groups is 1. The van der Waals surface area contributed by atoms with Crippen molar-refractivity contribution in [1.29, 1.82) is 0 Å². The van der Waals surface area contributed by atoms with E-state index < -0.39 is 5.60 Å². The number of carbonyl (C=O) groups excluding carboxylic acids is 1. The number of hydrogen-bond donors (Lipinski definition) is 1. The Morgan fingerprint density at radius 1 is 1.34 bits per heavy atom. The van der Waals surface area contributed by atoms with Gasteiger partial charge in [-0.3, -0.25) is 4.99 Å². The first kappa shape index (κ1) is 23.9. The number of carbonyl (C=O) groups is 1. The second kappa shape index (κ2) is 10.1. The van der Waals surface area contributed by atoms with Crippen molar-refractivity contribution in [2.75, 3.05) is 39.8 Å². The SMILES string of the molecule is COc1ccc(CCNC2=NCC3CN(C(=O)OC(C)(C)C)CCN23)c(Cl)c1.I. The second-order valence-corrected chi connectivity index (χ2v) is 8.48. The number of amides is 1. The van der Waals surface area contributed by atoms with E-state index in [4.69, 9.17) is 21.1 Å². The molecule has 1 aromatic carbocycles. The van der Waals surface area contributed by atoms with Crippen LogP contribution in [0.4, 0.5) is 4.79 Å². The van der Waals surface area contributed by atoms with Crippen LogP contribution in [-0.4, -0.2) is 73.3 Å². The summed E-state index contributed by atoms with van der Waals surface area (Å²) < 4.78 is 10.7. The third kappa shape index (κ3) is 6.28. The topological polar surface area (TPSA) is 66.4 Å². The Kier molecular flexibility index (Phi) is 8.28. The van der Waals surface area contributed by atoms with Gasteiger partial charge in [-0.25, -0.2) is 4.79 Å². The van der Waals surface area contributed by atoms with Crippen molar-refractivity contribution in [3.8, 4) is 5.75 Å². The van der Waals surface area contributed by atoms with Gasteiger partial charge < -0.3 is 24.6 Å². The zero-order valence-electron chi connectivity index (χ0n) is 17.4. The zero-order valence-corrected chi connectivity index (χ0v) is 20.5. The minimum absolute atomic E-state index is 0. The van der Waals surface area contributed by atoms with Crippen molar-refractivity contribution in [1.82, 2.24) is 15.1 Å². The van der Waals surface area contributed by atoms with Gasteiger partial charge in [-0.2, -0.15) is 0 Å². The maximum atomic E-state index is 12.3. The first-order valence-corrected chi connectivity index (χ1v) is 10.00. The smallest absolute Gasteiger partial charge is 0.410 e. The molecule has 2 heterocycles. The highest BCUT2D eigenvalue weighted by Crippen LogP contribution is 2.23.